The normalized spacial score (nSPS) is 11.1. The molecule has 1 nitrogen and oxygen atoms in total. The van der Waals surface area contributed by atoms with E-state index in [9.17, 15) is 4.79 Å². The highest BCUT2D eigenvalue weighted by atomic mass is 16.1. The van der Waals surface area contributed by atoms with Gasteiger partial charge < -0.3 is 0 Å². The lowest BCUT2D eigenvalue weighted by atomic mass is 10.1. The van der Waals surface area contributed by atoms with Crippen LogP contribution in [0.15, 0.2) is 23.8 Å². The van der Waals surface area contributed by atoms with Crippen molar-refractivity contribution in [2.45, 2.75) is 47.5 Å². The molecule has 79 valence electrons. The number of Topliss-reactive ketones (excluding diaryl/α,β-unsaturated/α-hetero) is 1. The highest BCUT2D eigenvalue weighted by Crippen LogP contribution is 2.10. The summed E-state index contributed by atoms with van der Waals surface area (Å²) < 4.78 is 0. The van der Waals surface area contributed by atoms with Crippen LogP contribution in [-0.4, -0.2) is 14.2 Å². The molecule has 1 aliphatic carbocycles. The van der Waals surface area contributed by atoms with Crippen LogP contribution in [0.3, 0.4) is 0 Å². The van der Waals surface area contributed by atoms with Crippen LogP contribution in [0.2, 0.25) is 0 Å². The van der Waals surface area contributed by atoms with Crippen LogP contribution in [-0.2, 0) is 4.79 Å². The Morgan fingerprint density at radius 3 is 2.07 bits per heavy atom. The third-order valence-corrected chi connectivity index (χ3v) is 1.41. The molecule has 1 aliphatic rings. The van der Waals surface area contributed by atoms with Crippen molar-refractivity contribution in [3.05, 3.63) is 23.8 Å². The highest BCUT2D eigenvalue weighted by Gasteiger charge is 2.04. The molecule has 0 atom stereocenters. The Morgan fingerprint density at radius 2 is 1.79 bits per heavy atom. The van der Waals surface area contributed by atoms with E-state index in [0.717, 1.165) is 12.0 Å². The van der Waals surface area contributed by atoms with Crippen LogP contribution < -0.4 is 0 Å². The SMILES string of the molecule is CC.CC.CCC(=O)C1=CCC=C1.[B]. The van der Waals surface area contributed by atoms with E-state index in [2.05, 4.69) is 0 Å². The average Bonchev–Trinajstić information content (AvgIpc) is 2.76. The standard InChI is InChI=1S/C8H10O.2C2H6.B/c1-2-8(9)7-5-3-4-6-7;2*1-2;/h3,5-6H,2,4H2,1H3;2*1-2H3;. The molecular formula is C12H22BO. The molecule has 14 heavy (non-hydrogen) atoms. The predicted octanol–water partition coefficient (Wildman–Crippen LogP) is 3.52. The second-order valence-electron chi connectivity index (χ2n) is 2.07. The van der Waals surface area contributed by atoms with E-state index >= 15 is 0 Å². The topological polar surface area (TPSA) is 17.1 Å². The van der Waals surface area contributed by atoms with Crippen molar-refractivity contribution < 1.29 is 4.79 Å². The molecule has 0 aliphatic heterocycles. The molecule has 0 amide bonds. The zero-order chi connectivity index (χ0) is 10.7. The Bertz CT molecular complexity index is 181. The minimum Gasteiger partial charge on any atom is -0.294 e. The first-order chi connectivity index (χ1) is 6.34. The lowest BCUT2D eigenvalue weighted by molar-refractivity contribution is -0.114. The van der Waals surface area contributed by atoms with E-state index < -0.39 is 0 Å². The lowest BCUT2D eigenvalue weighted by Gasteiger charge is -1.90. The number of carbonyl (C=O) groups excluding carboxylic acids is 1. The largest absolute Gasteiger partial charge is 0.294 e. The molecule has 0 aromatic rings. The van der Waals surface area contributed by atoms with Crippen LogP contribution in [0.1, 0.15) is 47.5 Å². The maximum atomic E-state index is 10.9. The van der Waals surface area contributed by atoms with Gasteiger partial charge in [-0.2, -0.15) is 0 Å². The second kappa shape index (κ2) is 14.7. The minimum absolute atomic E-state index is 0. The zero-order valence-corrected chi connectivity index (χ0v) is 10.1. The Labute approximate surface area is 90.9 Å². The molecule has 3 radical (unpaired) electrons. The molecular weight excluding hydrogens is 171 g/mol. The van der Waals surface area contributed by atoms with Gasteiger partial charge in [-0.05, 0) is 6.42 Å². The average molecular weight is 193 g/mol. The fourth-order valence-electron chi connectivity index (χ4n) is 0.869. The molecule has 1 rings (SSSR count). The number of rotatable bonds is 2. The predicted molar refractivity (Wildman–Crippen MR) is 65.6 cm³/mol. The summed E-state index contributed by atoms with van der Waals surface area (Å²) in [6.45, 7) is 9.88. The van der Waals surface area contributed by atoms with Gasteiger partial charge in [0.15, 0.2) is 5.78 Å². The van der Waals surface area contributed by atoms with Gasteiger partial charge in [-0.15, -0.1) is 0 Å². The first kappa shape index (κ1) is 18.9. The monoisotopic (exact) mass is 193 g/mol. The molecule has 0 N–H and O–H groups in total. The molecule has 0 saturated heterocycles. The van der Waals surface area contributed by atoms with Gasteiger partial charge in [0, 0.05) is 20.4 Å². The Hall–Kier alpha value is -0.785. The van der Waals surface area contributed by atoms with Crippen molar-refractivity contribution in [1.82, 2.24) is 0 Å². The van der Waals surface area contributed by atoms with Crippen molar-refractivity contribution in [3.63, 3.8) is 0 Å². The van der Waals surface area contributed by atoms with Gasteiger partial charge in [-0.25, -0.2) is 0 Å². The van der Waals surface area contributed by atoms with E-state index in [1.54, 1.807) is 0 Å². The summed E-state index contributed by atoms with van der Waals surface area (Å²) in [5.74, 6) is 0.253. The van der Waals surface area contributed by atoms with E-state index in [-0.39, 0.29) is 14.2 Å². The van der Waals surface area contributed by atoms with Crippen molar-refractivity contribution in [2.24, 2.45) is 0 Å². The van der Waals surface area contributed by atoms with Gasteiger partial charge in [-0.3, -0.25) is 4.79 Å². The highest BCUT2D eigenvalue weighted by molar-refractivity contribution is 5.98. The molecule has 0 saturated carbocycles. The van der Waals surface area contributed by atoms with Crippen LogP contribution in [0.5, 0.6) is 0 Å². The molecule has 0 aromatic carbocycles. The second-order valence-corrected chi connectivity index (χ2v) is 2.07. The number of carbonyl (C=O) groups is 1. The van der Waals surface area contributed by atoms with Gasteiger partial charge >= 0.3 is 0 Å². The number of hydrogen-bond acceptors (Lipinski definition) is 1. The summed E-state index contributed by atoms with van der Waals surface area (Å²) in [5, 5.41) is 0. The Kier molecular flexibility index (Phi) is 19.9. The maximum Gasteiger partial charge on any atom is 0.162 e. The quantitative estimate of drug-likeness (QED) is 0.613. The fraction of sp³-hybridized carbons (Fsp3) is 0.583. The summed E-state index contributed by atoms with van der Waals surface area (Å²) in [6.07, 6.45) is 7.41. The Morgan fingerprint density at radius 1 is 1.29 bits per heavy atom. The van der Waals surface area contributed by atoms with Crippen molar-refractivity contribution in [3.8, 4) is 0 Å². The first-order valence-electron chi connectivity index (χ1n) is 5.24. The van der Waals surface area contributed by atoms with Gasteiger partial charge in [0.1, 0.15) is 0 Å². The smallest absolute Gasteiger partial charge is 0.162 e. The maximum absolute atomic E-state index is 10.9. The molecule has 0 heterocycles. The van der Waals surface area contributed by atoms with Gasteiger partial charge in [0.05, 0.1) is 0 Å². The van der Waals surface area contributed by atoms with E-state index in [1.165, 1.54) is 0 Å². The van der Waals surface area contributed by atoms with Crippen LogP contribution >= 0.6 is 0 Å². The van der Waals surface area contributed by atoms with Crippen molar-refractivity contribution >= 4 is 14.2 Å². The summed E-state index contributed by atoms with van der Waals surface area (Å²) in [6, 6.07) is 0. The molecule has 0 unspecified atom stereocenters. The van der Waals surface area contributed by atoms with Crippen molar-refractivity contribution in [1.29, 1.82) is 0 Å². The van der Waals surface area contributed by atoms with Crippen LogP contribution in [0, 0.1) is 0 Å². The number of allylic oxidation sites excluding steroid dienone is 4. The molecule has 0 fully saturated rings. The van der Waals surface area contributed by atoms with Crippen LogP contribution in [0.25, 0.3) is 0 Å². The van der Waals surface area contributed by atoms with Gasteiger partial charge in [0.2, 0.25) is 0 Å². The summed E-state index contributed by atoms with van der Waals surface area (Å²) >= 11 is 0. The molecule has 0 spiro atoms. The lowest BCUT2D eigenvalue weighted by Crippen LogP contribution is -1.94. The fourth-order valence-corrected chi connectivity index (χ4v) is 0.869. The minimum atomic E-state index is 0. The van der Waals surface area contributed by atoms with Gasteiger partial charge in [-0.1, -0.05) is 52.8 Å². The van der Waals surface area contributed by atoms with E-state index in [4.69, 9.17) is 0 Å². The zero-order valence-electron chi connectivity index (χ0n) is 10.1. The Balaban J connectivity index is -0.000000216. The molecule has 0 aromatic heterocycles. The number of hydrogen-bond donors (Lipinski definition) is 0. The molecule has 0 bridgehead atoms. The van der Waals surface area contributed by atoms with Crippen LogP contribution in [0.4, 0.5) is 0 Å². The van der Waals surface area contributed by atoms with E-state index in [0.29, 0.717) is 6.42 Å². The summed E-state index contributed by atoms with van der Waals surface area (Å²) in [4.78, 5) is 10.9. The molecule has 2 heteroatoms. The third-order valence-electron chi connectivity index (χ3n) is 1.41. The summed E-state index contributed by atoms with van der Waals surface area (Å²) in [5.41, 5.74) is 0.887. The number of ketones is 1. The summed E-state index contributed by atoms with van der Waals surface area (Å²) in [7, 11) is 0. The van der Waals surface area contributed by atoms with E-state index in [1.807, 2.05) is 52.8 Å². The third kappa shape index (κ3) is 7.84. The first-order valence-corrected chi connectivity index (χ1v) is 5.24. The van der Waals surface area contributed by atoms with Crippen molar-refractivity contribution in [2.75, 3.05) is 0 Å². The van der Waals surface area contributed by atoms with Gasteiger partial charge in [0.25, 0.3) is 0 Å².